The molecule has 0 saturated heterocycles. The third-order valence-electron chi connectivity index (χ3n) is 2.70. The number of carboxylic acids is 1. The van der Waals surface area contributed by atoms with Crippen LogP contribution in [0.25, 0.3) is 0 Å². The van der Waals surface area contributed by atoms with E-state index in [2.05, 4.69) is 21.2 Å². The van der Waals surface area contributed by atoms with Crippen LogP contribution in [0.1, 0.15) is 24.4 Å². The molecule has 22 heavy (non-hydrogen) atoms. The third-order valence-corrected chi connectivity index (χ3v) is 3.32. The molecule has 122 valence electrons. The molecule has 1 aromatic rings. The Kier molecular flexibility index (Phi) is 6.21. The molecule has 1 atom stereocenters. The van der Waals surface area contributed by atoms with Gasteiger partial charge in [-0.05, 0) is 33.6 Å². The molecule has 2 N–H and O–H groups in total. The van der Waals surface area contributed by atoms with E-state index in [0.29, 0.717) is 10.2 Å². The molecule has 9 heteroatoms. The number of amides is 1. The Labute approximate surface area is 132 Å². The zero-order valence-corrected chi connectivity index (χ0v) is 13.0. The van der Waals surface area contributed by atoms with Gasteiger partial charge in [0.1, 0.15) is 5.75 Å². The summed E-state index contributed by atoms with van der Waals surface area (Å²) >= 11 is 3.17. The summed E-state index contributed by atoms with van der Waals surface area (Å²) < 4.78 is 41.6. The Hall–Kier alpha value is -1.77. The van der Waals surface area contributed by atoms with E-state index in [1.54, 1.807) is 0 Å². The first-order valence-corrected chi connectivity index (χ1v) is 6.85. The number of ether oxygens (including phenoxy) is 1. The van der Waals surface area contributed by atoms with Crippen LogP contribution in [0.2, 0.25) is 0 Å². The fourth-order valence-corrected chi connectivity index (χ4v) is 2.20. The zero-order valence-electron chi connectivity index (χ0n) is 11.4. The second-order valence-electron chi connectivity index (χ2n) is 4.35. The van der Waals surface area contributed by atoms with Gasteiger partial charge in [-0.15, -0.1) is 0 Å². The number of carbonyl (C=O) groups excluding carboxylic acids is 1. The Balaban J connectivity index is 2.84. The van der Waals surface area contributed by atoms with Crippen molar-refractivity contribution >= 4 is 27.8 Å². The highest BCUT2D eigenvalue weighted by molar-refractivity contribution is 9.10. The summed E-state index contributed by atoms with van der Waals surface area (Å²) in [4.78, 5) is 22.7. The summed E-state index contributed by atoms with van der Waals surface area (Å²) in [6.45, 7) is 0. The highest BCUT2D eigenvalue weighted by atomic mass is 79.9. The lowest BCUT2D eigenvalue weighted by molar-refractivity contribution is -0.147. The number of benzene rings is 1. The number of carboxylic acid groups (broad SMARTS) is 1. The molecule has 0 spiro atoms. The van der Waals surface area contributed by atoms with Crippen molar-refractivity contribution in [2.45, 2.75) is 25.1 Å². The maximum Gasteiger partial charge on any atom is 0.389 e. The molecule has 0 fully saturated rings. The van der Waals surface area contributed by atoms with Crippen molar-refractivity contribution in [3.05, 3.63) is 28.2 Å². The van der Waals surface area contributed by atoms with Crippen LogP contribution in [0.3, 0.4) is 0 Å². The number of methoxy groups -OCH3 is 1. The van der Waals surface area contributed by atoms with Gasteiger partial charge in [0.25, 0.3) is 0 Å². The van der Waals surface area contributed by atoms with Crippen LogP contribution >= 0.6 is 15.9 Å². The van der Waals surface area contributed by atoms with E-state index in [9.17, 15) is 22.8 Å². The number of nitrogens with one attached hydrogen (secondary N) is 1. The molecule has 0 aliphatic heterocycles. The van der Waals surface area contributed by atoms with Gasteiger partial charge in [0.15, 0.2) is 6.04 Å². The quantitative estimate of drug-likeness (QED) is 0.791. The number of rotatable bonds is 6. The van der Waals surface area contributed by atoms with E-state index in [1.807, 2.05) is 0 Å². The number of hydrogen-bond acceptors (Lipinski definition) is 3. The average molecular weight is 384 g/mol. The monoisotopic (exact) mass is 383 g/mol. The number of aliphatic carboxylic acids is 1. The van der Waals surface area contributed by atoms with Gasteiger partial charge >= 0.3 is 12.1 Å². The van der Waals surface area contributed by atoms with Gasteiger partial charge in [-0.25, -0.2) is 4.79 Å². The summed E-state index contributed by atoms with van der Waals surface area (Å²) in [5, 5.41) is 11.2. The summed E-state index contributed by atoms with van der Waals surface area (Å²) in [6, 6.07) is 2.87. The topological polar surface area (TPSA) is 75.6 Å². The predicted octanol–water partition coefficient (Wildman–Crippen LogP) is 3.04. The van der Waals surface area contributed by atoms with Gasteiger partial charge < -0.3 is 15.2 Å². The number of halogens is 4. The van der Waals surface area contributed by atoms with Crippen LogP contribution in [-0.4, -0.2) is 30.3 Å². The van der Waals surface area contributed by atoms with Crippen molar-refractivity contribution in [2.24, 2.45) is 0 Å². The standard InChI is InChI=1S/C13H13BrF3NO4/c1-22-9-3-2-7(6-8(9)14)11(12(20)21)18-10(19)4-5-13(15,16)17/h2-3,6,11H,4-5H2,1H3,(H,18,19)(H,20,21). The lowest BCUT2D eigenvalue weighted by Crippen LogP contribution is -2.34. The Morgan fingerprint density at radius 3 is 2.50 bits per heavy atom. The maximum absolute atomic E-state index is 12.1. The summed E-state index contributed by atoms with van der Waals surface area (Å²) in [6.07, 6.45) is -6.61. The Bertz CT molecular complexity index is 563. The number of carbonyl (C=O) groups is 2. The van der Waals surface area contributed by atoms with E-state index in [-0.39, 0.29) is 5.56 Å². The minimum atomic E-state index is -4.47. The van der Waals surface area contributed by atoms with Crippen LogP contribution in [0.15, 0.2) is 22.7 Å². The molecule has 0 aliphatic carbocycles. The van der Waals surface area contributed by atoms with Gasteiger partial charge in [0.05, 0.1) is 18.0 Å². The normalized spacial score (nSPS) is 12.6. The number of hydrogen-bond donors (Lipinski definition) is 2. The van der Waals surface area contributed by atoms with Crippen molar-refractivity contribution in [1.82, 2.24) is 5.32 Å². The Morgan fingerprint density at radius 2 is 2.05 bits per heavy atom. The SMILES string of the molecule is COc1ccc(C(NC(=O)CCC(F)(F)F)C(=O)O)cc1Br. The molecule has 5 nitrogen and oxygen atoms in total. The first kappa shape index (κ1) is 18.3. The second-order valence-corrected chi connectivity index (χ2v) is 5.20. The first-order valence-electron chi connectivity index (χ1n) is 6.06. The van der Waals surface area contributed by atoms with Crippen molar-refractivity contribution in [2.75, 3.05) is 7.11 Å². The van der Waals surface area contributed by atoms with E-state index >= 15 is 0 Å². The van der Waals surface area contributed by atoms with E-state index < -0.39 is 36.9 Å². The van der Waals surface area contributed by atoms with Gasteiger partial charge in [0.2, 0.25) is 5.91 Å². The minimum Gasteiger partial charge on any atom is -0.496 e. The first-order chi connectivity index (χ1) is 10.1. The van der Waals surface area contributed by atoms with Crippen molar-refractivity contribution in [3.8, 4) is 5.75 Å². The van der Waals surface area contributed by atoms with Crippen molar-refractivity contribution in [1.29, 1.82) is 0 Å². The van der Waals surface area contributed by atoms with Crippen LogP contribution in [0, 0.1) is 0 Å². The second kappa shape index (κ2) is 7.48. The zero-order chi connectivity index (χ0) is 16.9. The molecule has 0 heterocycles. The van der Waals surface area contributed by atoms with Crippen LogP contribution in [0.4, 0.5) is 13.2 Å². The molecule has 0 aliphatic rings. The van der Waals surface area contributed by atoms with Gasteiger partial charge in [0, 0.05) is 6.42 Å². The fraction of sp³-hybridized carbons (Fsp3) is 0.385. The lowest BCUT2D eigenvalue weighted by Gasteiger charge is -2.16. The van der Waals surface area contributed by atoms with Crippen LogP contribution < -0.4 is 10.1 Å². The molecule has 1 amide bonds. The third kappa shape index (κ3) is 5.55. The highest BCUT2D eigenvalue weighted by Gasteiger charge is 2.29. The molecule has 0 radical (unpaired) electrons. The molecule has 0 bridgehead atoms. The summed E-state index contributed by atoms with van der Waals surface area (Å²) in [7, 11) is 1.42. The van der Waals surface area contributed by atoms with Gasteiger partial charge in [-0.2, -0.15) is 13.2 Å². The van der Waals surface area contributed by atoms with E-state index in [4.69, 9.17) is 9.84 Å². The molecule has 1 rings (SSSR count). The molecule has 1 unspecified atom stereocenters. The largest absolute Gasteiger partial charge is 0.496 e. The van der Waals surface area contributed by atoms with Gasteiger partial charge in [-0.1, -0.05) is 6.07 Å². The smallest absolute Gasteiger partial charge is 0.389 e. The summed E-state index contributed by atoms with van der Waals surface area (Å²) in [5.41, 5.74) is 0.209. The molecular formula is C13H13BrF3NO4. The fourth-order valence-electron chi connectivity index (χ4n) is 1.64. The molecule has 0 saturated carbocycles. The average Bonchev–Trinajstić information content (AvgIpc) is 2.41. The lowest BCUT2D eigenvalue weighted by atomic mass is 10.1. The van der Waals surface area contributed by atoms with Gasteiger partial charge in [-0.3, -0.25) is 4.79 Å². The number of alkyl halides is 3. The van der Waals surface area contributed by atoms with Crippen molar-refractivity contribution in [3.63, 3.8) is 0 Å². The predicted molar refractivity (Wildman–Crippen MR) is 74.5 cm³/mol. The van der Waals surface area contributed by atoms with Crippen molar-refractivity contribution < 1.29 is 32.6 Å². The highest BCUT2D eigenvalue weighted by Crippen LogP contribution is 2.28. The molecular weight excluding hydrogens is 371 g/mol. The van der Waals surface area contributed by atoms with Crippen LogP contribution in [0.5, 0.6) is 5.75 Å². The Morgan fingerprint density at radius 1 is 1.41 bits per heavy atom. The molecule has 0 aromatic heterocycles. The molecule has 1 aromatic carbocycles. The van der Waals surface area contributed by atoms with E-state index in [0.717, 1.165) is 0 Å². The van der Waals surface area contributed by atoms with Crippen LogP contribution in [-0.2, 0) is 9.59 Å². The summed E-state index contributed by atoms with van der Waals surface area (Å²) in [5.74, 6) is -1.91. The maximum atomic E-state index is 12.1. The van der Waals surface area contributed by atoms with E-state index in [1.165, 1.54) is 25.3 Å². The minimum absolute atomic E-state index is 0.209.